The minimum atomic E-state index is -0.278. The maximum absolute atomic E-state index is 13.4. The molecule has 0 aliphatic rings. The van der Waals surface area contributed by atoms with E-state index in [0.717, 1.165) is 10.8 Å². The van der Waals surface area contributed by atoms with E-state index in [1.165, 1.54) is 23.9 Å². The number of halogens is 1. The molecule has 0 amide bonds. The second-order valence-electron chi connectivity index (χ2n) is 4.71. The van der Waals surface area contributed by atoms with E-state index in [-0.39, 0.29) is 11.1 Å². The Morgan fingerprint density at radius 2 is 2.23 bits per heavy atom. The SMILES string of the molecule is CCc1nnc(C(C)Sc2nccn2-c2cccc(F)c2)o1. The van der Waals surface area contributed by atoms with Crippen molar-refractivity contribution in [3.63, 3.8) is 0 Å². The molecule has 0 radical (unpaired) electrons. The topological polar surface area (TPSA) is 56.7 Å². The summed E-state index contributed by atoms with van der Waals surface area (Å²) in [7, 11) is 0. The van der Waals surface area contributed by atoms with Gasteiger partial charge >= 0.3 is 0 Å². The summed E-state index contributed by atoms with van der Waals surface area (Å²) in [6.45, 7) is 3.94. The van der Waals surface area contributed by atoms with Crippen molar-refractivity contribution in [2.75, 3.05) is 0 Å². The normalized spacial score (nSPS) is 12.5. The van der Waals surface area contributed by atoms with Crippen molar-refractivity contribution in [2.24, 2.45) is 0 Å². The van der Waals surface area contributed by atoms with Crippen molar-refractivity contribution in [3.05, 3.63) is 54.3 Å². The smallest absolute Gasteiger partial charge is 0.229 e. The molecule has 0 spiro atoms. The molecule has 1 atom stereocenters. The molecular weight excluding hydrogens is 303 g/mol. The van der Waals surface area contributed by atoms with Gasteiger partial charge in [0.15, 0.2) is 5.16 Å². The van der Waals surface area contributed by atoms with Gasteiger partial charge in [-0.05, 0) is 25.1 Å². The summed E-state index contributed by atoms with van der Waals surface area (Å²) in [4.78, 5) is 4.33. The molecule has 3 rings (SSSR count). The molecule has 5 nitrogen and oxygen atoms in total. The molecule has 114 valence electrons. The molecule has 7 heteroatoms. The van der Waals surface area contributed by atoms with Gasteiger partial charge in [-0.25, -0.2) is 9.37 Å². The molecule has 22 heavy (non-hydrogen) atoms. The number of imidazole rings is 1. The number of hydrogen-bond donors (Lipinski definition) is 0. The van der Waals surface area contributed by atoms with Gasteiger partial charge < -0.3 is 4.42 Å². The Bertz CT molecular complexity index is 770. The lowest BCUT2D eigenvalue weighted by atomic mass is 10.3. The molecule has 1 aromatic carbocycles. The lowest BCUT2D eigenvalue weighted by Crippen LogP contribution is -1.98. The van der Waals surface area contributed by atoms with E-state index >= 15 is 0 Å². The van der Waals surface area contributed by atoms with Crippen LogP contribution in [0.4, 0.5) is 4.39 Å². The second kappa shape index (κ2) is 6.31. The van der Waals surface area contributed by atoms with Gasteiger partial charge in [-0.3, -0.25) is 4.57 Å². The van der Waals surface area contributed by atoms with Crippen LogP contribution in [0.2, 0.25) is 0 Å². The van der Waals surface area contributed by atoms with Gasteiger partial charge in [0.2, 0.25) is 11.8 Å². The average molecular weight is 318 g/mol. The largest absolute Gasteiger partial charge is 0.424 e. The van der Waals surface area contributed by atoms with Crippen LogP contribution in [-0.2, 0) is 6.42 Å². The van der Waals surface area contributed by atoms with Crippen LogP contribution >= 0.6 is 11.8 Å². The van der Waals surface area contributed by atoms with Crippen LogP contribution in [0.15, 0.2) is 46.2 Å². The van der Waals surface area contributed by atoms with Crippen LogP contribution in [0.3, 0.4) is 0 Å². The molecule has 0 saturated heterocycles. The minimum absolute atomic E-state index is 0.0393. The van der Waals surface area contributed by atoms with Gasteiger partial charge in [0, 0.05) is 18.8 Å². The highest BCUT2D eigenvalue weighted by molar-refractivity contribution is 7.99. The van der Waals surface area contributed by atoms with Crippen LogP contribution < -0.4 is 0 Å². The molecule has 1 unspecified atom stereocenters. The fourth-order valence-corrected chi connectivity index (χ4v) is 2.90. The fourth-order valence-electron chi connectivity index (χ4n) is 1.98. The number of hydrogen-bond acceptors (Lipinski definition) is 5. The monoisotopic (exact) mass is 318 g/mol. The first-order valence-corrected chi connectivity index (χ1v) is 7.83. The zero-order valence-corrected chi connectivity index (χ0v) is 13.0. The highest BCUT2D eigenvalue weighted by Crippen LogP contribution is 2.34. The van der Waals surface area contributed by atoms with Crippen molar-refractivity contribution in [1.29, 1.82) is 0 Å². The zero-order valence-electron chi connectivity index (χ0n) is 12.2. The van der Waals surface area contributed by atoms with E-state index in [1.807, 2.05) is 24.5 Å². The highest BCUT2D eigenvalue weighted by atomic mass is 32.2. The van der Waals surface area contributed by atoms with Crippen molar-refractivity contribution in [1.82, 2.24) is 19.7 Å². The van der Waals surface area contributed by atoms with Gasteiger partial charge in [0.05, 0.1) is 10.9 Å². The first-order valence-electron chi connectivity index (χ1n) is 6.95. The molecule has 2 heterocycles. The van der Waals surface area contributed by atoms with Gasteiger partial charge in [-0.2, -0.15) is 0 Å². The summed E-state index contributed by atoms with van der Waals surface area (Å²) in [5, 5.41) is 8.73. The van der Waals surface area contributed by atoms with Crippen molar-refractivity contribution >= 4 is 11.8 Å². The minimum Gasteiger partial charge on any atom is -0.424 e. The second-order valence-corrected chi connectivity index (χ2v) is 6.02. The lowest BCUT2D eigenvalue weighted by Gasteiger charge is -2.10. The first-order chi connectivity index (χ1) is 10.7. The summed E-state index contributed by atoms with van der Waals surface area (Å²) in [6, 6.07) is 6.40. The van der Waals surface area contributed by atoms with Crippen molar-refractivity contribution in [2.45, 2.75) is 30.7 Å². The number of aromatic nitrogens is 4. The molecule has 2 aromatic heterocycles. The molecule has 0 N–H and O–H groups in total. The van der Waals surface area contributed by atoms with Gasteiger partial charge in [-0.1, -0.05) is 24.8 Å². The van der Waals surface area contributed by atoms with Gasteiger partial charge in [0.25, 0.3) is 0 Å². The number of thioether (sulfide) groups is 1. The third kappa shape index (κ3) is 3.04. The maximum Gasteiger partial charge on any atom is 0.229 e. The molecular formula is C15H15FN4OS. The Kier molecular flexibility index (Phi) is 4.24. The molecule has 0 saturated carbocycles. The number of benzene rings is 1. The Morgan fingerprint density at radius 1 is 1.36 bits per heavy atom. The van der Waals surface area contributed by atoms with E-state index in [1.54, 1.807) is 18.5 Å². The van der Waals surface area contributed by atoms with Crippen LogP contribution in [0, 0.1) is 5.82 Å². The third-order valence-corrected chi connectivity index (χ3v) is 4.18. The van der Waals surface area contributed by atoms with E-state index in [9.17, 15) is 4.39 Å². The lowest BCUT2D eigenvalue weighted by molar-refractivity contribution is 0.456. The van der Waals surface area contributed by atoms with Crippen molar-refractivity contribution in [3.8, 4) is 5.69 Å². The van der Waals surface area contributed by atoms with E-state index < -0.39 is 0 Å². The summed E-state index contributed by atoms with van der Waals surface area (Å²) >= 11 is 1.49. The Morgan fingerprint density at radius 3 is 2.95 bits per heavy atom. The van der Waals surface area contributed by atoms with Crippen LogP contribution in [0.25, 0.3) is 5.69 Å². The van der Waals surface area contributed by atoms with Crippen LogP contribution in [-0.4, -0.2) is 19.7 Å². The molecule has 0 bridgehead atoms. The first kappa shape index (κ1) is 14.8. The third-order valence-electron chi connectivity index (χ3n) is 3.11. The Hall–Kier alpha value is -2.15. The quantitative estimate of drug-likeness (QED) is 0.670. The van der Waals surface area contributed by atoms with Crippen LogP contribution in [0.1, 0.15) is 30.9 Å². The van der Waals surface area contributed by atoms with Gasteiger partial charge in [-0.15, -0.1) is 10.2 Å². The number of nitrogens with zero attached hydrogens (tertiary/aromatic N) is 4. The Balaban J connectivity index is 1.83. The molecule has 0 aliphatic carbocycles. The standard InChI is InChI=1S/C15H15FN4OS/c1-3-13-18-19-14(21-13)10(2)22-15-17-7-8-20(15)12-6-4-5-11(16)9-12/h4-10H,3H2,1-2H3. The summed E-state index contributed by atoms with van der Waals surface area (Å²) in [5.74, 6) is 0.909. The predicted octanol–water partition coefficient (Wildman–Crippen LogP) is 3.81. The fraction of sp³-hybridized carbons (Fsp3) is 0.267. The van der Waals surface area contributed by atoms with E-state index in [0.29, 0.717) is 18.2 Å². The van der Waals surface area contributed by atoms with E-state index in [2.05, 4.69) is 15.2 Å². The van der Waals surface area contributed by atoms with E-state index in [4.69, 9.17) is 4.42 Å². The maximum atomic E-state index is 13.4. The summed E-state index contributed by atoms with van der Waals surface area (Å²) < 4.78 is 20.8. The van der Waals surface area contributed by atoms with Crippen molar-refractivity contribution < 1.29 is 8.81 Å². The number of rotatable bonds is 5. The molecule has 3 aromatic rings. The molecule has 0 aliphatic heterocycles. The predicted molar refractivity (Wildman–Crippen MR) is 81.5 cm³/mol. The zero-order chi connectivity index (χ0) is 15.5. The summed E-state index contributed by atoms with van der Waals surface area (Å²) in [6.07, 6.45) is 4.20. The average Bonchev–Trinajstić information content (AvgIpc) is 3.16. The molecule has 0 fully saturated rings. The van der Waals surface area contributed by atoms with Crippen LogP contribution in [0.5, 0.6) is 0 Å². The summed E-state index contributed by atoms with van der Waals surface area (Å²) in [5.41, 5.74) is 0.729. The Labute approximate surface area is 131 Å². The number of aryl methyl sites for hydroxylation is 1. The van der Waals surface area contributed by atoms with Gasteiger partial charge in [0.1, 0.15) is 5.82 Å². The highest BCUT2D eigenvalue weighted by Gasteiger charge is 2.18.